The van der Waals surface area contributed by atoms with Gasteiger partial charge in [0.15, 0.2) is 0 Å². The van der Waals surface area contributed by atoms with Gasteiger partial charge in [-0.1, -0.05) is 18.2 Å². The molecule has 1 aliphatic rings. The molecule has 8 heteroatoms. The van der Waals surface area contributed by atoms with Gasteiger partial charge in [-0.2, -0.15) is 22.5 Å². The summed E-state index contributed by atoms with van der Waals surface area (Å²) in [5.74, 6) is -6.35. The lowest BCUT2D eigenvalue weighted by Crippen LogP contribution is -2.37. The van der Waals surface area contributed by atoms with Gasteiger partial charge in [0.2, 0.25) is 11.6 Å². The first-order valence-corrected chi connectivity index (χ1v) is 7.80. The fourth-order valence-electron chi connectivity index (χ4n) is 2.90. The summed E-state index contributed by atoms with van der Waals surface area (Å²) in [7, 11) is 1.37. The number of anilines is 2. The number of halogens is 4. The minimum Gasteiger partial charge on any atom is -0.378 e. The predicted molar refractivity (Wildman–Crippen MR) is 85.7 cm³/mol. The fraction of sp³-hybridized carbons (Fsp3) is 0.353. The van der Waals surface area contributed by atoms with Gasteiger partial charge in [0, 0.05) is 32.4 Å². The molecule has 0 saturated carbocycles. The maximum absolute atomic E-state index is 13.9. The van der Waals surface area contributed by atoms with E-state index in [0.717, 1.165) is 16.2 Å². The zero-order chi connectivity index (χ0) is 18.0. The van der Waals surface area contributed by atoms with Crippen LogP contribution in [0.25, 0.3) is 0 Å². The molecule has 0 amide bonds. The van der Waals surface area contributed by atoms with Gasteiger partial charge >= 0.3 is 0 Å². The summed E-state index contributed by atoms with van der Waals surface area (Å²) in [5.41, 5.74) is 0.901. The van der Waals surface area contributed by atoms with Crippen LogP contribution in [0.2, 0.25) is 0 Å². The molecule has 0 unspecified atom stereocenters. The van der Waals surface area contributed by atoms with E-state index in [1.807, 2.05) is 18.2 Å². The Morgan fingerprint density at radius 2 is 1.64 bits per heavy atom. The van der Waals surface area contributed by atoms with E-state index in [-0.39, 0.29) is 6.54 Å². The molecule has 1 aromatic heterocycles. The molecule has 0 atom stereocenters. The summed E-state index contributed by atoms with van der Waals surface area (Å²) in [4.78, 5) is 5.82. The van der Waals surface area contributed by atoms with Crippen LogP contribution in [0.5, 0.6) is 0 Å². The Morgan fingerprint density at radius 1 is 1.04 bits per heavy atom. The molecule has 3 rings (SSSR count). The smallest absolute Gasteiger partial charge is 0.253 e. The van der Waals surface area contributed by atoms with Crippen molar-refractivity contribution < 1.29 is 22.3 Å². The second-order valence-corrected chi connectivity index (χ2v) is 5.75. The van der Waals surface area contributed by atoms with E-state index in [1.54, 1.807) is 6.07 Å². The van der Waals surface area contributed by atoms with Gasteiger partial charge < -0.3 is 14.5 Å². The molecular weight excluding hydrogens is 338 g/mol. The summed E-state index contributed by atoms with van der Waals surface area (Å²) in [6.45, 7) is 2.65. The maximum Gasteiger partial charge on any atom is 0.253 e. The zero-order valence-electron chi connectivity index (χ0n) is 13.6. The molecular formula is C17H17F4N3O. The fourth-order valence-corrected chi connectivity index (χ4v) is 2.90. The number of ether oxygens (including phenoxy) is 1. The standard InChI is InChI=1S/C17H17F4N3O/c1-23(15-13(18)16(20)22-17(21)14(15)19)10-11-4-2-3-5-12(11)24-6-8-25-9-7-24/h2-5H,6-10H2,1H3. The SMILES string of the molecule is CN(Cc1ccccc1N1CCOCC1)c1c(F)c(F)nc(F)c1F. The molecule has 1 fully saturated rings. The predicted octanol–water partition coefficient (Wildman–Crippen LogP) is 3.11. The van der Waals surface area contributed by atoms with Gasteiger partial charge in [-0.25, -0.2) is 0 Å². The van der Waals surface area contributed by atoms with E-state index in [2.05, 4.69) is 9.88 Å². The van der Waals surface area contributed by atoms with Crippen LogP contribution in [0, 0.1) is 23.5 Å². The highest BCUT2D eigenvalue weighted by molar-refractivity contribution is 5.57. The molecule has 0 spiro atoms. The molecule has 25 heavy (non-hydrogen) atoms. The summed E-state index contributed by atoms with van der Waals surface area (Å²) < 4.78 is 59.9. The van der Waals surface area contributed by atoms with Gasteiger partial charge in [-0.15, -0.1) is 0 Å². The van der Waals surface area contributed by atoms with Crippen molar-refractivity contribution in [1.29, 1.82) is 0 Å². The van der Waals surface area contributed by atoms with Crippen molar-refractivity contribution in [2.75, 3.05) is 43.2 Å². The van der Waals surface area contributed by atoms with E-state index in [9.17, 15) is 17.6 Å². The molecule has 2 aromatic rings. The van der Waals surface area contributed by atoms with Crippen molar-refractivity contribution in [3.05, 3.63) is 53.4 Å². The quantitative estimate of drug-likeness (QED) is 0.622. The average Bonchev–Trinajstić information content (AvgIpc) is 2.61. The van der Waals surface area contributed by atoms with Crippen molar-refractivity contribution in [2.45, 2.75) is 6.54 Å². The molecule has 0 aliphatic carbocycles. The maximum atomic E-state index is 13.9. The molecule has 4 nitrogen and oxygen atoms in total. The monoisotopic (exact) mass is 355 g/mol. The second-order valence-electron chi connectivity index (χ2n) is 5.75. The van der Waals surface area contributed by atoms with Gasteiger partial charge in [-0.05, 0) is 11.6 Å². The lowest BCUT2D eigenvalue weighted by atomic mass is 10.1. The normalized spacial score (nSPS) is 14.7. The number of morpholine rings is 1. The van der Waals surface area contributed by atoms with Crippen LogP contribution in [0.15, 0.2) is 24.3 Å². The molecule has 1 saturated heterocycles. The molecule has 0 bridgehead atoms. The van der Waals surface area contributed by atoms with Crippen LogP contribution in [0.4, 0.5) is 28.9 Å². The third-order valence-corrected chi connectivity index (χ3v) is 4.11. The number of para-hydroxylation sites is 1. The molecule has 2 heterocycles. The summed E-state index contributed by atoms with van der Waals surface area (Å²) in [6.07, 6.45) is 0. The molecule has 1 aliphatic heterocycles. The number of hydrogen-bond donors (Lipinski definition) is 0. The number of hydrogen-bond acceptors (Lipinski definition) is 4. The molecule has 0 N–H and O–H groups in total. The highest BCUT2D eigenvalue weighted by Gasteiger charge is 2.24. The third-order valence-electron chi connectivity index (χ3n) is 4.11. The van der Waals surface area contributed by atoms with Crippen LogP contribution >= 0.6 is 0 Å². The largest absolute Gasteiger partial charge is 0.378 e. The minimum atomic E-state index is -1.66. The Hall–Kier alpha value is -2.35. The number of pyridine rings is 1. The van der Waals surface area contributed by atoms with E-state index < -0.39 is 29.2 Å². The first kappa shape index (κ1) is 17.5. The summed E-state index contributed by atoms with van der Waals surface area (Å²) in [6, 6.07) is 7.37. The second kappa shape index (κ2) is 7.26. The van der Waals surface area contributed by atoms with Crippen molar-refractivity contribution in [2.24, 2.45) is 0 Å². The summed E-state index contributed by atoms with van der Waals surface area (Å²) in [5, 5.41) is 0. The van der Waals surface area contributed by atoms with Crippen LogP contribution in [-0.4, -0.2) is 38.3 Å². The average molecular weight is 355 g/mol. The molecule has 134 valence electrons. The van der Waals surface area contributed by atoms with Crippen molar-refractivity contribution >= 4 is 11.4 Å². The lowest BCUT2D eigenvalue weighted by Gasteiger charge is -2.31. The minimum absolute atomic E-state index is 0.0737. The Balaban J connectivity index is 1.91. The van der Waals surface area contributed by atoms with E-state index in [1.165, 1.54) is 7.05 Å². The first-order chi connectivity index (χ1) is 12.0. The van der Waals surface area contributed by atoms with Crippen molar-refractivity contribution in [3.8, 4) is 0 Å². The van der Waals surface area contributed by atoms with E-state index in [4.69, 9.17) is 4.74 Å². The van der Waals surface area contributed by atoms with Crippen molar-refractivity contribution in [1.82, 2.24) is 4.98 Å². The molecule has 1 aromatic carbocycles. The Bertz CT molecular complexity index is 740. The van der Waals surface area contributed by atoms with Crippen molar-refractivity contribution in [3.63, 3.8) is 0 Å². The number of nitrogens with zero attached hydrogens (tertiary/aromatic N) is 3. The number of aromatic nitrogens is 1. The lowest BCUT2D eigenvalue weighted by molar-refractivity contribution is 0.122. The first-order valence-electron chi connectivity index (χ1n) is 7.80. The van der Waals surface area contributed by atoms with Crippen LogP contribution in [0.3, 0.4) is 0 Å². The zero-order valence-corrected chi connectivity index (χ0v) is 13.6. The Morgan fingerprint density at radius 3 is 2.28 bits per heavy atom. The van der Waals surface area contributed by atoms with Gasteiger partial charge in [-0.3, -0.25) is 0 Å². The van der Waals surface area contributed by atoms with Gasteiger partial charge in [0.05, 0.1) is 13.2 Å². The van der Waals surface area contributed by atoms with Gasteiger partial charge in [0.25, 0.3) is 11.9 Å². The topological polar surface area (TPSA) is 28.6 Å². The highest BCUT2D eigenvalue weighted by Crippen LogP contribution is 2.29. The van der Waals surface area contributed by atoms with Crippen LogP contribution < -0.4 is 9.80 Å². The highest BCUT2D eigenvalue weighted by atomic mass is 19.2. The Labute approximate surface area is 142 Å². The number of benzene rings is 1. The Kier molecular flexibility index (Phi) is 5.08. The molecule has 0 radical (unpaired) electrons. The summed E-state index contributed by atoms with van der Waals surface area (Å²) >= 11 is 0. The third kappa shape index (κ3) is 3.53. The number of rotatable bonds is 4. The van der Waals surface area contributed by atoms with Crippen LogP contribution in [-0.2, 0) is 11.3 Å². The van der Waals surface area contributed by atoms with E-state index in [0.29, 0.717) is 26.3 Å². The van der Waals surface area contributed by atoms with E-state index >= 15 is 0 Å². The van der Waals surface area contributed by atoms with Gasteiger partial charge in [0.1, 0.15) is 5.69 Å². The van der Waals surface area contributed by atoms with Crippen LogP contribution in [0.1, 0.15) is 5.56 Å².